The molecule has 4 rings (SSSR count). The van der Waals surface area contributed by atoms with Gasteiger partial charge in [0, 0.05) is 11.1 Å². The van der Waals surface area contributed by atoms with Crippen LogP contribution in [0.25, 0.3) is 5.00 Å². The average molecular weight is 308 g/mol. The van der Waals surface area contributed by atoms with Gasteiger partial charge in [0.2, 0.25) is 0 Å². The molecule has 0 radical (unpaired) electrons. The smallest absolute Gasteiger partial charge is 0.165 e. The summed E-state index contributed by atoms with van der Waals surface area (Å²) < 4.78 is 2.14. The van der Waals surface area contributed by atoms with E-state index >= 15 is 0 Å². The number of hydrogen-bond donors (Lipinski definition) is 0. The second-order valence-corrected chi connectivity index (χ2v) is 6.83. The van der Waals surface area contributed by atoms with Crippen molar-refractivity contribution >= 4 is 17.0 Å². The Labute approximate surface area is 133 Å². The van der Waals surface area contributed by atoms with Crippen molar-refractivity contribution in [2.24, 2.45) is 4.99 Å². The van der Waals surface area contributed by atoms with Crippen LogP contribution in [0.2, 0.25) is 0 Å². The normalized spacial score (nSPS) is 15.7. The van der Waals surface area contributed by atoms with Crippen molar-refractivity contribution in [3.05, 3.63) is 64.6 Å². The molecule has 0 N–H and O–H groups in total. The van der Waals surface area contributed by atoms with Gasteiger partial charge in [-0.2, -0.15) is 0 Å². The van der Waals surface area contributed by atoms with E-state index in [9.17, 15) is 0 Å². The van der Waals surface area contributed by atoms with Crippen LogP contribution < -0.4 is 0 Å². The summed E-state index contributed by atoms with van der Waals surface area (Å²) in [6, 6.07) is 12.5. The molecule has 2 aromatic heterocycles. The SMILES string of the molecule is Cc1nnc2n1-c1sccc1C(c1ccccc1)=NC2(C)C. The van der Waals surface area contributed by atoms with Gasteiger partial charge in [-0.1, -0.05) is 30.3 Å². The van der Waals surface area contributed by atoms with Gasteiger partial charge in [-0.05, 0) is 32.2 Å². The molecule has 4 nitrogen and oxygen atoms in total. The first-order valence-corrected chi connectivity index (χ1v) is 8.12. The minimum absolute atomic E-state index is 0.425. The Bertz CT molecular complexity index is 871. The van der Waals surface area contributed by atoms with Gasteiger partial charge in [-0.3, -0.25) is 9.56 Å². The summed E-state index contributed by atoms with van der Waals surface area (Å²) in [5.41, 5.74) is 2.87. The molecule has 0 fully saturated rings. The highest BCUT2D eigenvalue weighted by molar-refractivity contribution is 7.13. The van der Waals surface area contributed by atoms with Gasteiger partial charge < -0.3 is 0 Å². The molecule has 0 bridgehead atoms. The maximum atomic E-state index is 5.05. The Kier molecular flexibility index (Phi) is 2.81. The van der Waals surface area contributed by atoms with Crippen LogP contribution in [0, 0.1) is 6.92 Å². The summed E-state index contributed by atoms with van der Waals surface area (Å²) in [6.45, 7) is 6.17. The van der Waals surface area contributed by atoms with E-state index in [0.29, 0.717) is 0 Å². The predicted octanol–water partition coefficient (Wildman–Crippen LogP) is 3.72. The Morgan fingerprint density at radius 2 is 1.82 bits per heavy atom. The van der Waals surface area contributed by atoms with E-state index in [1.807, 2.05) is 25.1 Å². The van der Waals surface area contributed by atoms with Gasteiger partial charge in [0.05, 0.1) is 5.71 Å². The molecule has 0 spiro atoms. The van der Waals surface area contributed by atoms with Gasteiger partial charge in [0.15, 0.2) is 5.82 Å². The fourth-order valence-electron chi connectivity index (χ4n) is 2.86. The molecule has 0 unspecified atom stereocenters. The minimum Gasteiger partial charge on any atom is -0.271 e. The molecule has 22 heavy (non-hydrogen) atoms. The van der Waals surface area contributed by atoms with E-state index in [2.05, 4.69) is 52.2 Å². The summed E-state index contributed by atoms with van der Waals surface area (Å²) in [5, 5.41) is 11.9. The lowest BCUT2D eigenvalue weighted by atomic mass is 10.0. The van der Waals surface area contributed by atoms with Crippen molar-refractivity contribution in [1.29, 1.82) is 0 Å². The van der Waals surface area contributed by atoms with Crippen molar-refractivity contribution in [2.75, 3.05) is 0 Å². The highest BCUT2D eigenvalue weighted by atomic mass is 32.1. The molecule has 3 aromatic rings. The molecule has 0 saturated heterocycles. The van der Waals surface area contributed by atoms with Crippen LogP contribution in [0.15, 0.2) is 46.8 Å². The lowest BCUT2D eigenvalue weighted by Gasteiger charge is -2.18. The van der Waals surface area contributed by atoms with Crippen molar-refractivity contribution < 1.29 is 0 Å². The molecule has 1 aliphatic rings. The van der Waals surface area contributed by atoms with Crippen LogP contribution in [-0.4, -0.2) is 20.5 Å². The van der Waals surface area contributed by atoms with Crippen molar-refractivity contribution in [3.8, 4) is 5.00 Å². The van der Waals surface area contributed by atoms with Crippen molar-refractivity contribution in [1.82, 2.24) is 14.8 Å². The number of aryl methyl sites for hydroxylation is 1. The first-order valence-electron chi connectivity index (χ1n) is 7.24. The highest BCUT2D eigenvalue weighted by Crippen LogP contribution is 2.36. The van der Waals surface area contributed by atoms with Crippen LogP contribution in [0.3, 0.4) is 0 Å². The summed E-state index contributed by atoms with van der Waals surface area (Å²) >= 11 is 1.70. The quantitative estimate of drug-likeness (QED) is 0.687. The van der Waals surface area contributed by atoms with Crippen LogP contribution in [-0.2, 0) is 5.54 Å². The molecule has 0 saturated carbocycles. The molecule has 110 valence electrons. The van der Waals surface area contributed by atoms with Crippen molar-refractivity contribution in [3.63, 3.8) is 0 Å². The molecule has 0 atom stereocenters. The zero-order valence-electron chi connectivity index (χ0n) is 12.7. The second-order valence-electron chi connectivity index (χ2n) is 5.93. The van der Waals surface area contributed by atoms with Crippen LogP contribution in [0.1, 0.15) is 36.6 Å². The van der Waals surface area contributed by atoms with Gasteiger partial charge in [-0.15, -0.1) is 21.5 Å². The zero-order valence-corrected chi connectivity index (χ0v) is 13.6. The first-order chi connectivity index (χ1) is 10.6. The number of thiophene rings is 1. The molecular formula is C17H16N4S. The molecule has 1 aromatic carbocycles. The number of fused-ring (bicyclic) bond motifs is 3. The van der Waals surface area contributed by atoms with E-state index in [1.54, 1.807) is 11.3 Å². The summed E-state index contributed by atoms with van der Waals surface area (Å²) in [6.07, 6.45) is 0. The molecule has 1 aliphatic heterocycles. The van der Waals surface area contributed by atoms with E-state index in [0.717, 1.165) is 33.5 Å². The van der Waals surface area contributed by atoms with Crippen LogP contribution in [0.4, 0.5) is 0 Å². The zero-order chi connectivity index (χ0) is 15.3. The third kappa shape index (κ3) is 1.85. The Hall–Kier alpha value is -2.27. The van der Waals surface area contributed by atoms with Crippen LogP contribution in [0.5, 0.6) is 0 Å². The standard InChI is InChI=1S/C17H16N4S/c1-11-19-20-16-17(2,3)18-14(12-7-5-4-6-8-12)13-9-10-22-15(13)21(11)16/h4-10H,1-3H3. The second kappa shape index (κ2) is 4.61. The van der Waals surface area contributed by atoms with Crippen LogP contribution >= 0.6 is 11.3 Å². The maximum absolute atomic E-state index is 5.05. The fraction of sp³-hybridized carbons (Fsp3) is 0.235. The van der Waals surface area contributed by atoms with E-state index in [1.165, 1.54) is 0 Å². The Balaban J connectivity index is 2.06. The fourth-order valence-corrected chi connectivity index (χ4v) is 3.81. The molecule has 5 heteroatoms. The third-order valence-electron chi connectivity index (χ3n) is 3.91. The van der Waals surface area contributed by atoms with Gasteiger partial charge in [0.25, 0.3) is 0 Å². The van der Waals surface area contributed by atoms with Gasteiger partial charge >= 0.3 is 0 Å². The molecule has 3 heterocycles. The number of aromatic nitrogens is 3. The van der Waals surface area contributed by atoms with E-state index in [4.69, 9.17) is 4.99 Å². The van der Waals surface area contributed by atoms with Gasteiger partial charge in [0.1, 0.15) is 16.4 Å². The monoisotopic (exact) mass is 308 g/mol. The number of nitrogens with zero attached hydrogens (tertiary/aromatic N) is 4. The van der Waals surface area contributed by atoms with Gasteiger partial charge in [-0.25, -0.2) is 0 Å². The van der Waals surface area contributed by atoms with Crippen molar-refractivity contribution in [2.45, 2.75) is 26.3 Å². The van der Waals surface area contributed by atoms with E-state index in [-0.39, 0.29) is 0 Å². The van der Waals surface area contributed by atoms with E-state index < -0.39 is 5.54 Å². The Morgan fingerprint density at radius 1 is 1.05 bits per heavy atom. The third-order valence-corrected chi connectivity index (χ3v) is 4.81. The lowest BCUT2D eigenvalue weighted by molar-refractivity contribution is 0.510. The number of rotatable bonds is 1. The minimum atomic E-state index is -0.425. The molecule has 0 aliphatic carbocycles. The number of aliphatic imine (C=N–C) groups is 1. The number of hydrogen-bond acceptors (Lipinski definition) is 4. The summed E-state index contributed by atoms with van der Waals surface area (Å²) in [5.74, 6) is 1.79. The Morgan fingerprint density at radius 3 is 2.59 bits per heavy atom. The molecule has 0 amide bonds. The summed E-state index contributed by atoms with van der Waals surface area (Å²) in [4.78, 5) is 5.05. The topological polar surface area (TPSA) is 43.1 Å². The molecular weight excluding hydrogens is 292 g/mol. The predicted molar refractivity (Wildman–Crippen MR) is 89.1 cm³/mol. The first kappa shape index (κ1) is 13.4. The maximum Gasteiger partial charge on any atom is 0.165 e. The largest absolute Gasteiger partial charge is 0.271 e. The number of benzene rings is 1. The average Bonchev–Trinajstić information content (AvgIpc) is 3.10. The lowest BCUT2D eigenvalue weighted by Crippen LogP contribution is -2.20. The summed E-state index contributed by atoms with van der Waals surface area (Å²) in [7, 11) is 0. The highest BCUT2D eigenvalue weighted by Gasteiger charge is 2.33.